The van der Waals surface area contributed by atoms with Crippen LogP contribution in [0.2, 0.25) is 0 Å². The Balaban J connectivity index is 1.59. The number of piperidine rings is 1. The number of rotatable bonds is 4. The van der Waals surface area contributed by atoms with Crippen molar-refractivity contribution in [2.45, 2.75) is 69.9 Å². The Morgan fingerprint density at radius 1 is 1.14 bits per heavy atom. The van der Waals surface area contributed by atoms with E-state index in [1.54, 1.807) is 0 Å². The van der Waals surface area contributed by atoms with E-state index >= 15 is 0 Å². The van der Waals surface area contributed by atoms with Crippen molar-refractivity contribution in [2.75, 3.05) is 26.7 Å². The molecule has 1 aromatic heterocycles. The maximum Gasteiger partial charge on any atom is 0.449 e. The number of carbonyl (C=O) groups excluding carboxylic acids is 1. The minimum atomic E-state index is -4.46. The number of hydrogen-bond donors (Lipinski definition) is 1. The molecule has 0 aromatic carbocycles. The standard InChI is InChI=1S/C19H28F3N5O/c1-12(17(28)23-14-3-4-14)26-9-10-27-15(11-26)16(24-18(27)19(20,21)22)13-5-7-25(2)8-6-13/h12-14H,3-11H2,1-2H3,(H,23,28). The van der Waals surface area contributed by atoms with Crippen molar-refractivity contribution in [1.82, 2.24) is 24.7 Å². The van der Waals surface area contributed by atoms with Gasteiger partial charge < -0.3 is 14.8 Å². The van der Waals surface area contributed by atoms with Crippen LogP contribution in [0.5, 0.6) is 0 Å². The van der Waals surface area contributed by atoms with Crippen LogP contribution in [0.15, 0.2) is 0 Å². The fourth-order valence-electron chi connectivity index (χ4n) is 4.28. The highest BCUT2D eigenvalue weighted by Gasteiger charge is 2.42. The van der Waals surface area contributed by atoms with Crippen LogP contribution < -0.4 is 5.32 Å². The van der Waals surface area contributed by atoms with Crippen LogP contribution in [0.1, 0.15) is 55.7 Å². The van der Waals surface area contributed by atoms with E-state index in [-0.39, 0.29) is 30.5 Å². The quantitative estimate of drug-likeness (QED) is 0.844. The summed E-state index contributed by atoms with van der Waals surface area (Å²) in [5.74, 6) is -0.775. The topological polar surface area (TPSA) is 53.4 Å². The molecule has 2 fully saturated rings. The van der Waals surface area contributed by atoms with E-state index < -0.39 is 12.0 Å². The van der Waals surface area contributed by atoms with Gasteiger partial charge in [-0.15, -0.1) is 0 Å². The van der Waals surface area contributed by atoms with Gasteiger partial charge in [-0.05, 0) is 52.7 Å². The third-order valence-corrected chi connectivity index (χ3v) is 6.28. The summed E-state index contributed by atoms with van der Waals surface area (Å²) >= 11 is 0. The van der Waals surface area contributed by atoms with Crippen molar-refractivity contribution >= 4 is 5.91 Å². The van der Waals surface area contributed by atoms with Gasteiger partial charge in [-0.25, -0.2) is 4.98 Å². The maximum absolute atomic E-state index is 13.6. The molecular formula is C19H28F3N5O. The maximum atomic E-state index is 13.6. The van der Waals surface area contributed by atoms with Gasteiger partial charge >= 0.3 is 6.18 Å². The fraction of sp³-hybridized carbons (Fsp3) is 0.789. The molecule has 1 saturated heterocycles. The number of amides is 1. The summed E-state index contributed by atoms with van der Waals surface area (Å²) in [6.45, 7) is 4.53. The molecule has 1 aliphatic carbocycles. The highest BCUT2D eigenvalue weighted by atomic mass is 19.4. The second kappa shape index (κ2) is 7.33. The van der Waals surface area contributed by atoms with Gasteiger partial charge in [0.1, 0.15) is 0 Å². The highest BCUT2D eigenvalue weighted by molar-refractivity contribution is 5.81. The summed E-state index contributed by atoms with van der Waals surface area (Å²) in [5.41, 5.74) is 1.22. The van der Waals surface area contributed by atoms with Crippen LogP contribution in [0.4, 0.5) is 13.2 Å². The molecule has 9 heteroatoms. The normalized spacial score (nSPS) is 23.5. The largest absolute Gasteiger partial charge is 0.449 e. The van der Waals surface area contributed by atoms with Gasteiger partial charge in [-0.1, -0.05) is 0 Å². The molecule has 6 nitrogen and oxygen atoms in total. The Morgan fingerprint density at radius 3 is 2.43 bits per heavy atom. The van der Waals surface area contributed by atoms with E-state index in [1.807, 2.05) is 18.9 Å². The van der Waals surface area contributed by atoms with Crippen LogP contribution in [0.25, 0.3) is 0 Å². The minimum absolute atomic E-state index is 0.0349. The van der Waals surface area contributed by atoms with E-state index in [0.29, 0.717) is 24.5 Å². The number of likely N-dealkylation sites (tertiary alicyclic amines) is 1. The molecule has 1 aromatic rings. The third kappa shape index (κ3) is 3.91. The molecule has 1 N–H and O–H groups in total. The molecule has 1 amide bonds. The molecule has 0 spiro atoms. The number of nitrogens with one attached hydrogen (secondary N) is 1. The predicted octanol–water partition coefficient (Wildman–Crippen LogP) is 2.19. The summed E-state index contributed by atoms with van der Waals surface area (Å²) in [4.78, 5) is 20.7. The van der Waals surface area contributed by atoms with Crippen molar-refractivity contribution in [1.29, 1.82) is 0 Å². The van der Waals surface area contributed by atoms with Gasteiger partial charge in [0.2, 0.25) is 11.7 Å². The monoisotopic (exact) mass is 399 g/mol. The lowest BCUT2D eigenvalue weighted by Gasteiger charge is -2.34. The van der Waals surface area contributed by atoms with Crippen LogP contribution in [0.3, 0.4) is 0 Å². The van der Waals surface area contributed by atoms with Crippen LogP contribution in [0, 0.1) is 0 Å². The first-order chi connectivity index (χ1) is 13.2. The zero-order valence-corrected chi connectivity index (χ0v) is 16.4. The molecule has 1 saturated carbocycles. The second-order valence-corrected chi connectivity index (χ2v) is 8.42. The Bertz CT molecular complexity index is 735. The number of fused-ring (bicyclic) bond motifs is 1. The summed E-state index contributed by atoms with van der Waals surface area (Å²) in [6.07, 6.45) is -0.804. The average Bonchev–Trinajstić information content (AvgIpc) is 3.37. The molecule has 2 aliphatic heterocycles. The molecule has 0 bridgehead atoms. The number of aromatic nitrogens is 2. The summed E-state index contributed by atoms with van der Waals surface area (Å²) in [5, 5.41) is 3.00. The van der Waals surface area contributed by atoms with Gasteiger partial charge in [-0.2, -0.15) is 13.2 Å². The van der Waals surface area contributed by atoms with Crippen molar-refractivity contribution in [3.05, 3.63) is 17.2 Å². The Labute approximate surface area is 163 Å². The SMILES string of the molecule is CC(C(=O)NC1CC1)N1CCn2c(C(F)(F)F)nc(C3CCN(C)CC3)c2C1. The Kier molecular flexibility index (Phi) is 5.16. The summed E-state index contributed by atoms with van der Waals surface area (Å²) in [7, 11) is 2.03. The van der Waals surface area contributed by atoms with Crippen molar-refractivity contribution < 1.29 is 18.0 Å². The lowest BCUT2D eigenvalue weighted by Crippen LogP contribution is -2.48. The molecule has 3 heterocycles. The van der Waals surface area contributed by atoms with Crippen molar-refractivity contribution in [3.8, 4) is 0 Å². The number of nitrogens with zero attached hydrogens (tertiary/aromatic N) is 4. The van der Waals surface area contributed by atoms with E-state index in [2.05, 4.69) is 15.2 Å². The molecule has 156 valence electrons. The smallest absolute Gasteiger partial charge is 0.352 e. The zero-order chi connectivity index (χ0) is 20.1. The van der Waals surface area contributed by atoms with E-state index in [1.165, 1.54) is 4.57 Å². The number of carbonyl (C=O) groups is 1. The lowest BCUT2D eigenvalue weighted by atomic mass is 9.92. The Hall–Kier alpha value is -1.61. The molecule has 0 radical (unpaired) electrons. The third-order valence-electron chi connectivity index (χ3n) is 6.28. The predicted molar refractivity (Wildman–Crippen MR) is 97.7 cm³/mol. The molecule has 1 atom stereocenters. The fourth-order valence-corrected chi connectivity index (χ4v) is 4.28. The average molecular weight is 399 g/mol. The van der Waals surface area contributed by atoms with Gasteiger partial charge in [0, 0.05) is 31.6 Å². The highest BCUT2D eigenvalue weighted by Crippen LogP contribution is 2.37. The number of hydrogen-bond acceptors (Lipinski definition) is 4. The molecule has 3 aliphatic rings. The van der Waals surface area contributed by atoms with E-state index in [4.69, 9.17) is 0 Å². The van der Waals surface area contributed by atoms with Crippen LogP contribution >= 0.6 is 0 Å². The molecule has 1 unspecified atom stereocenters. The molecule has 28 heavy (non-hydrogen) atoms. The number of halogens is 3. The number of imidazole rings is 1. The van der Waals surface area contributed by atoms with Crippen LogP contribution in [-0.4, -0.2) is 64.0 Å². The number of alkyl halides is 3. The summed E-state index contributed by atoms with van der Waals surface area (Å²) < 4.78 is 42.1. The van der Waals surface area contributed by atoms with Gasteiger partial charge in [-0.3, -0.25) is 9.69 Å². The molecule has 4 rings (SSSR count). The molecular weight excluding hydrogens is 371 g/mol. The minimum Gasteiger partial charge on any atom is -0.352 e. The van der Waals surface area contributed by atoms with Crippen molar-refractivity contribution in [2.24, 2.45) is 0 Å². The van der Waals surface area contributed by atoms with Gasteiger partial charge in [0.05, 0.1) is 17.4 Å². The first kappa shape index (κ1) is 19.7. The van der Waals surface area contributed by atoms with Crippen molar-refractivity contribution in [3.63, 3.8) is 0 Å². The van der Waals surface area contributed by atoms with Crippen LogP contribution in [-0.2, 0) is 24.1 Å². The second-order valence-electron chi connectivity index (χ2n) is 8.42. The van der Waals surface area contributed by atoms with E-state index in [0.717, 1.165) is 38.8 Å². The first-order valence-electron chi connectivity index (χ1n) is 10.1. The Morgan fingerprint density at radius 2 is 1.82 bits per heavy atom. The van der Waals surface area contributed by atoms with Gasteiger partial charge in [0.15, 0.2) is 0 Å². The summed E-state index contributed by atoms with van der Waals surface area (Å²) in [6, 6.07) is -0.0826. The van der Waals surface area contributed by atoms with Gasteiger partial charge in [0.25, 0.3) is 0 Å². The lowest BCUT2D eigenvalue weighted by molar-refractivity contribution is -0.148. The first-order valence-corrected chi connectivity index (χ1v) is 10.1. The zero-order valence-electron chi connectivity index (χ0n) is 16.4. The van der Waals surface area contributed by atoms with E-state index in [9.17, 15) is 18.0 Å².